The molecule has 1 aliphatic heterocycles. The molecule has 1 aliphatic rings. The molecule has 3 heterocycles. The van der Waals surface area contributed by atoms with Gasteiger partial charge in [0, 0.05) is 44.6 Å². The maximum atomic E-state index is 12.9. The number of piperazine rings is 1. The lowest BCUT2D eigenvalue weighted by Gasteiger charge is -2.35. The first-order valence-electron chi connectivity index (χ1n) is 9.28. The Morgan fingerprint density at radius 2 is 1.72 bits per heavy atom. The number of carbonyl (C=O) groups is 1. The van der Waals surface area contributed by atoms with Gasteiger partial charge in [0.25, 0.3) is 5.91 Å². The number of amides is 1. The first kappa shape index (κ1) is 18.7. The molecule has 0 aliphatic carbocycles. The molecule has 1 fully saturated rings. The van der Waals surface area contributed by atoms with Crippen LogP contribution in [0.5, 0.6) is 11.5 Å². The lowest BCUT2D eigenvalue weighted by molar-refractivity contribution is 0.0743. The van der Waals surface area contributed by atoms with E-state index in [1.807, 2.05) is 23.2 Å². The second-order valence-corrected chi connectivity index (χ2v) is 6.57. The highest BCUT2D eigenvalue weighted by molar-refractivity contribution is 5.97. The van der Waals surface area contributed by atoms with E-state index in [0.717, 1.165) is 5.82 Å². The normalized spacial score (nSPS) is 14.0. The highest BCUT2D eigenvalue weighted by atomic mass is 16.5. The van der Waals surface area contributed by atoms with Crippen LogP contribution in [0.3, 0.4) is 0 Å². The molecular weight excluding hydrogens is 372 g/mol. The van der Waals surface area contributed by atoms with Crippen LogP contribution in [0, 0.1) is 0 Å². The number of aromatic nitrogens is 4. The third-order valence-corrected chi connectivity index (χ3v) is 4.94. The largest absolute Gasteiger partial charge is 0.497 e. The number of ether oxygens (including phenoxy) is 2. The quantitative estimate of drug-likeness (QED) is 0.650. The maximum Gasteiger partial charge on any atom is 0.257 e. The summed E-state index contributed by atoms with van der Waals surface area (Å²) in [5.74, 6) is 2.62. The van der Waals surface area contributed by atoms with E-state index in [-0.39, 0.29) is 5.91 Å². The molecule has 1 aromatic carbocycles. The van der Waals surface area contributed by atoms with E-state index in [1.165, 1.54) is 0 Å². The first-order valence-corrected chi connectivity index (χ1v) is 9.28. The minimum Gasteiger partial charge on any atom is -0.497 e. The Morgan fingerprint density at radius 1 is 0.966 bits per heavy atom. The lowest BCUT2D eigenvalue weighted by Crippen LogP contribution is -2.49. The lowest BCUT2D eigenvalue weighted by atomic mass is 10.1. The first-order chi connectivity index (χ1) is 14.2. The van der Waals surface area contributed by atoms with E-state index in [4.69, 9.17) is 9.47 Å². The third-order valence-electron chi connectivity index (χ3n) is 4.94. The Labute approximate surface area is 168 Å². The number of methoxy groups -OCH3 is 2. The van der Waals surface area contributed by atoms with Crippen molar-refractivity contribution in [1.82, 2.24) is 24.6 Å². The van der Waals surface area contributed by atoms with Crippen molar-refractivity contribution in [3.63, 3.8) is 0 Å². The SMILES string of the molecule is COc1ccc(C(=O)N2CCN(c3ccc(-n4ccnc4)nn3)CC2)c(OC)c1. The van der Waals surface area contributed by atoms with Gasteiger partial charge in [0.1, 0.15) is 17.8 Å². The minimum absolute atomic E-state index is 0.0503. The summed E-state index contributed by atoms with van der Waals surface area (Å²) in [4.78, 5) is 20.9. The Hall–Kier alpha value is -3.62. The van der Waals surface area contributed by atoms with E-state index >= 15 is 0 Å². The predicted molar refractivity (Wildman–Crippen MR) is 107 cm³/mol. The average molecular weight is 394 g/mol. The summed E-state index contributed by atoms with van der Waals surface area (Å²) in [6, 6.07) is 9.08. The monoisotopic (exact) mass is 394 g/mol. The van der Waals surface area contributed by atoms with Crippen molar-refractivity contribution in [3.8, 4) is 17.3 Å². The van der Waals surface area contributed by atoms with Crippen LogP contribution in [0.1, 0.15) is 10.4 Å². The van der Waals surface area contributed by atoms with Crippen LogP contribution in [0.15, 0.2) is 49.1 Å². The molecule has 0 N–H and O–H groups in total. The molecule has 0 unspecified atom stereocenters. The Morgan fingerprint density at radius 3 is 2.34 bits per heavy atom. The predicted octanol–water partition coefficient (Wildman–Crippen LogP) is 1.64. The summed E-state index contributed by atoms with van der Waals surface area (Å²) in [6.07, 6.45) is 5.20. The molecule has 150 valence electrons. The van der Waals surface area contributed by atoms with E-state index in [9.17, 15) is 4.79 Å². The van der Waals surface area contributed by atoms with Crippen LogP contribution in [0.4, 0.5) is 5.82 Å². The summed E-state index contributed by atoms with van der Waals surface area (Å²) in [6.45, 7) is 2.56. The van der Waals surface area contributed by atoms with Gasteiger partial charge in [-0.25, -0.2) is 4.98 Å². The number of rotatable bonds is 5. The van der Waals surface area contributed by atoms with Gasteiger partial charge in [-0.05, 0) is 24.3 Å². The number of imidazole rings is 1. The van der Waals surface area contributed by atoms with Crippen LogP contribution in [0.2, 0.25) is 0 Å². The highest BCUT2D eigenvalue weighted by Gasteiger charge is 2.25. The smallest absolute Gasteiger partial charge is 0.257 e. The van der Waals surface area contributed by atoms with Crippen molar-refractivity contribution in [2.75, 3.05) is 45.3 Å². The summed E-state index contributed by atoms with van der Waals surface area (Å²) < 4.78 is 12.4. The number of benzene rings is 1. The zero-order valence-electron chi connectivity index (χ0n) is 16.4. The van der Waals surface area contributed by atoms with Crippen molar-refractivity contribution in [3.05, 3.63) is 54.6 Å². The summed E-state index contributed by atoms with van der Waals surface area (Å²) in [5, 5.41) is 8.58. The van der Waals surface area contributed by atoms with Gasteiger partial charge < -0.3 is 19.3 Å². The van der Waals surface area contributed by atoms with Crippen molar-refractivity contribution in [1.29, 1.82) is 0 Å². The fourth-order valence-electron chi connectivity index (χ4n) is 3.30. The van der Waals surface area contributed by atoms with Gasteiger partial charge in [0.2, 0.25) is 0 Å². The molecule has 0 saturated carbocycles. The number of carbonyl (C=O) groups excluding carboxylic acids is 1. The fourth-order valence-corrected chi connectivity index (χ4v) is 3.30. The number of nitrogens with zero attached hydrogens (tertiary/aromatic N) is 6. The molecule has 3 aromatic rings. The third kappa shape index (κ3) is 3.84. The van der Waals surface area contributed by atoms with Gasteiger partial charge in [-0.2, -0.15) is 0 Å². The van der Waals surface area contributed by atoms with Gasteiger partial charge in [-0.15, -0.1) is 10.2 Å². The van der Waals surface area contributed by atoms with E-state index < -0.39 is 0 Å². The number of hydrogen-bond acceptors (Lipinski definition) is 7. The standard InChI is InChI=1S/C20H22N6O3/c1-28-15-3-4-16(17(13-15)29-2)20(27)25-11-9-24(10-12-25)18-5-6-19(23-22-18)26-8-7-21-14-26/h3-8,13-14H,9-12H2,1-2H3. The van der Waals surface area contributed by atoms with Crippen LogP contribution in [0.25, 0.3) is 5.82 Å². The highest BCUT2D eigenvalue weighted by Crippen LogP contribution is 2.26. The minimum atomic E-state index is -0.0503. The molecule has 9 nitrogen and oxygen atoms in total. The number of anilines is 1. The van der Waals surface area contributed by atoms with Crippen molar-refractivity contribution in [2.24, 2.45) is 0 Å². The summed E-state index contributed by atoms with van der Waals surface area (Å²) in [7, 11) is 3.13. The molecule has 0 bridgehead atoms. The molecule has 0 radical (unpaired) electrons. The summed E-state index contributed by atoms with van der Waals surface area (Å²) >= 11 is 0. The van der Waals surface area contributed by atoms with Gasteiger partial charge in [-0.3, -0.25) is 9.36 Å². The Balaban J connectivity index is 1.41. The fraction of sp³-hybridized carbons (Fsp3) is 0.300. The molecule has 4 rings (SSSR count). The zero-order chi connectivity index (χ0) is 20.2. The molecule has 0 atom stereocenters. The van der Waals surface area contributed by atoms with Crippen molar-refractivity contribution < 1.29 is 14.3 Å². The molecule has 9 heteroatoms. The van der Waals surface area contributed by atoms with E-state index in [0.29, 0.717) is 49.1 Å². The topological polar surface area (TPSA) is 85.6 Å². The molecule has 0 spiro atoms. The second-order valence-electron chi connectivity index (χ2n) is 6.57. The maximum absolute atomic E-state index is 12.9. The molecule has 2 aromatic heterocycles. The van der Waals surface area contributed by atoms with Gasteiger partial charge >= 0.3 is 0 Å². The second kappa shape index (κ2) is 8.17. The Bertz CT molecular complexity index is 966. The summed E-state index contributed by atoms with van der Waals surface area (Å²) in [5.41, 5.74) is 0.534. The van der Waals surface area contributed by atoms with Crippen LogP contribution >= 0.6 is 0 Å². The zero-order valence-corrected chi connectivity index (χ0v) is 16.4. The Kier molecular flexibility index (Phi) is 5.28. The number of hydrogen-bond donors (Lipinski definition) is 0. The molecule has 29 heavy (non-hydrogen) atoms. The van der Waals surface area contributed by atoms with E-state index in [1.54, 1.807) is 49.5 Å². The molecule has 1 amide bonds. The average Bonchev–Trinajstić information content (AvgIpc) is 3.33. The van der Waals surface area contributed by atoms with Crippen LogP contribution < -0.4 is 14.4 Å². The van der Waals surface area contributed by atoms with Crippen LogP contribution in [-0.2, 0) is 0 Å². The van der Waals surface area contributed by atoms with E-state index in [2.05, 4.69) is 20.1 Å². The van der Waals surface area contributed by atoms with Gasteiger partial charge in [-0.1, -0.05) is 0 Å². The van der Waals surface area contributed by atoms with Crippen molar-refractivity contribution >= 4 is 11.7 Å². The molecule has 1 saturated heterocycles. The van der Waals surface area contributed by atoms with Crippen LogP contribution in [-0.4, -0.2) is 71.0 Å². The van der Waals surface area contributed by atoms with Gasteiger partial charge in [0.05, 0.1) is 19.8 Å². The van der Waals surface area contributed by atoms with Crippen molar-refractivity contribution in [2.45, 2.75) is 0 Å². The molecular formula is C20H22N6O3. The van der Waals surface area contributed by atoms with Gasteiger partial charge in [0.15, 0.2) is 11.6 Å².